The summed E-state index contributed by atoms with van der Waals surface area (Å²) in [6.45, 7) is 13.9. The van der Waals surface area contributed by atoms with E-state index in [-0.39, 0.29) is 45.2 Å². The predicted octanol–water partition coefficient (Wildman–Crippen LogP) is 6.58. The van der Waals surface area contributed by atoms with Crippen LogP contribution in [0.3, 0.4) is 0 Å². The quantitative estimate of drug-likeness (QED) is 0.492. The van der Waals surface area contributed by atoms with Crippen molar-refractivity contribution in [1.29, 1.82) is 0 Å². The van der Waals surface area contributed by atoms with Gasteiger partial charge in [0.25, 0.3) is 0 Å². The highest BCUT2D eigenvalue weighted by Crippen LogP contribution is 2.74. The summed E-state index contributed by atoms with van der Waals surface area (Å²) in [5.74, 6) is 0.936. The molecule has 1 aromatic rings. The SMILES string of the molecule is C[C@@H]1c2oncc2C[C@]2(C)C3=CC(=O)[C@@H]4[C@@H]5CC(C)(C)CC[C@]5(C(=O)O)CC[C@@]4(C)[C@]3(C)CC[C@@H]12. The van der Waals surface area contributed by atoms with Gasteiger partial charge >= 0.3 is 5.97 Å². The van der Waals surface area contributed by atoms with E-state index in [0.717, 1.165) is 44.3 Å². The standard InChI is InChI=1S/C30H41NO4/c1-17-19-7-8-28(5)22(27(19,4)14-18-16-31-35-24(17)18)13-21(32)23-20-15-26(2,3)9-11-30(20,25(33)34)12-10-29(23,28)6/h13,16-17,19-20,23H,7-12,14-15H2,1-6H3,(H,33,34)/t17-,19-,20-,23-,27-,28+,29+,30-/m0/s1. The molecule has 1 heterocycles. The zero-order valence-electron chi connectivity index (χ0n) is 22.2. The summed E-state index contributed by atoms with van der Waals surface area (Å²) in [5, 5.41) is 14.6. The van der Waals surface area contributed by atoms with Crippen LogP contribution in [-0.2, 0) is 16.0 Å². The molecule has 1 N–H and O–H groups in total. The Hall–Kier alpha value is -1.91. The Bertz CT molecular complexity index is 1150. The van der Waals surface area contributed by atoms with Crippen molar-refractivity contribution < 1.29 is 19.2 Å². The number of nitrogens with zero attached hydrogens (tertiary/aromatic N) is 1. The third-order valence-electron chi connectivity index (χ3n) is 12.4. The van der Waals surface area contributed by atoms with E-state index in [4.69, 9.17) is 4.52 Å². The molecule has 3 fully saturated rings. The van der Waals surface area contributed by atoms with E-state index in [1.807, 2.05) is 12.3 Å². The molecule has 5 nitrogen and oxygen atoms in total. The summed E-state index contributed by atoms with van der Waals surface area (Å²) in [6.07, 6.45) is 10.9. The molecule has 5 aliphatic rings. The summed E-state index contributed by atoms with van der Waals surface area (Å²) < 4.78 is 5.67. The third-order valence-corrected chi connectivity index (χ3v) is 12.4. The number of allylic oxidation sites excluding steroid dienone is 2. The molecule has 5 aliphatic carbocycles. The Morgan fingerprint density at radius 3 is 2.49 bits per heavy atom. The number of aliphatic carboxylic acids is 1. The number of ketones is 1. The topological polar surface area (TPSA) is 80.4 Å². The highest BCUT2D eigenvalue weighted by atomic mass is 16.5. The predicted molar refractivity (Wildman–Crippen MR) is 133 cm³/mol. The monoisotopic (exact) mass is 479 g/mol. The first kappa shape index (κ1) is 23.5. The largest absolute Gasteiger partial charge is 0.481 e. The third kappa shape index (κ3) is 2.73. The van der Waals surface area contributed by atoms with Crippen LogP contribution in [0.4, 0.5) is 0 Å². The van der Waals surface area contributed by atoms with Crippen molar-refractivity contribution in [2.75, 3.05) is 0 Å². The minimum Gasteiger partial charge on any atom is -0.481 e. The van der Waals surface area contributed by atoms with Gasteiger partial charge in [-0.3, -0.25) is 9.59 Å². The first-order valence-electron chi connectivity index (χ1n) is 13.7. The fourth-order valence-corrected chi connectivity index (χ4v) is 10.2. The maximum Gasteiger partial charge on any atom is 0.309 e. The van der Waals surface area contributed by atoms with Crippen LogP contribution in [0.15, 0.2) is 22.4 Å². The molecule has 0 saturated heterocycles. The number of rotatable bonds is 1. The molecular formula is C30H41NO4. The van der Waals surface area contributed by atoms with Gasteiger partial charge in [-0.25, -0.2) is 0 Å². The van der Waals surface area contributed by atoms with Crippen LogP contribution in [0, 0.1) is 44.8 Å². The van der Waals surface area contributed by atoms with Crippen LogP contribution >= 0.6 is 0 Å². The number of carbonyl (C=O) groups is 2. The van der Waals surface area contributed by atoms with Crippen LogP contribution in [0.2, 0.25) is 0 Å². The number of carbonyl (C=O) groups excluding carboxylic acids is 1. The van der Waals surface area contributed by atoms with Crippen molar-refractivity contribution in [3.8, 4) is 0 Å². The van der Waals surface area contributed by atoms with Crippen molar-refractivity contribution >= 4 is 11.8 Å². The summed E-state index contributed by atoms with van der Waals surface area (Å²) in [5.41, 5.74) is 1.37. The fourth-order valence-electron chi connectivity index (χ4n) is 10.2. The molecule has 0 bridgehead atoms. The van der Waals surface area contributed by atoms with Gasteiger partial charge in [-0.05, 0) is 90.9 Å². The van der Waals surface area contributed by atoms with Crippen LogP contribution in [-0.4, -0.2) is 22.0 Å². The number of hydrogen-bond donors (Lipinski definition) is 1. The lowest BCUT2D eigenvalue weighted by atomic mass is 9.34. The smallest absolute Gasteiger partial charge is 0.309 e. The zero-order valence-corrected chi connectivity index (χ0v) is 22.2. The molecule has 0 aromatic carbocycles. The molecule has 190 valence electrons. The number of carboxylic acid groups (broad SMARTS) is 1. The highest BCUT2D eigenvalue weighted by Gasteiger charge is 2.70. The molecule has 5 heteroatoms. The Labute approximate surface area is 209 Å². The van der Waals surface area contributed by atoms with Gasteiger partial charge in [0.15, 0.2) is 5.78 Å². The van der Waals surface area contributed by atoms with Gasteiger partial charge in [0.05, 0.1) is 11.6 Å². The lowest BCUT2D eigenvalue weighted by molar-refractivity contribution is -0.188. The van der Waals surface area contributed by atoms with Gasteiger partial charge in [0.1, 0.15) is 5.76 Å². The highest BCUT2D eigenvalue weighted by molar-refractivity contribution is 5.96. The Morgan fingerprint density at radius 2 is 1.77 bits per heavy atom. The van der Waals surface area contributed by atoms with E-state index in [1.165, 1.54) is 11.1 Å². The molecule has 3 saturated carbocycles. The van der Waals surface area contributed by atoms with Gasteiger partial charge < -0.3 is 9.63 Å². The van der Waals surface area contributed by atoms with Gasteiger partial charge in [-0.2, -0.15) is 0 Å². The van der Waals surface area contributed by atoms with Gasteiger partial charge in [0, 0.05) is 17.4 Å². The molecule has 8 atom stereocenters. The maximum atomic E-state index is 14.3. The van der Waals surface area contributed by atoms with E-state index < -0.39 is 11.4 Å². The van der Waals surface area contributed by atoms with Crippen LogP contribution in [0.5, 0.6) is 0 Å². The Balaban J connectivity index is 1.50. The second-order valence-corrected chi connectivity index (χ2v) is 14.4. The lowest BCUT2D eigenvalue weighted by Crippen LogP contribution is -2.65. The second-order valence-electron chi connectivity index (χ2n) is 14.4. The van der Waals surface area contributed by atoms with Gasteiger partial charge in [-0.15, -0.1) is 0 Å². The summed E-state index contributed by atoms with van der Waals surface area (Å²) in [4.78, 5) is 27.0. The van der Waals surface area contributed by atoms with E-state index in [1.54, 1.807) is 0 Å². The van der Waals surface area contributed by atoms with E-state index >= 15 is 0 Å². The first-order valence-corrected chi connectivity index (χ1v) is 13.7. The number of hydrogen-bond acceptors (Lipinski definition) is 4. The van der Waals surface area contributed by atoms with Crippen LogP contribution in [0.25, 0.3) is 0 Å². The molecule has 0 aliphatic heterocycles. The van der Waals surface area contributed by atoms with Crippen molar-refractivity contribution in [3.05, 3.63) is 29.2 Å². The first-order chi connectivity index (χ1) is 16.3. The molecule has 0 radical (unpaired) electrons. The van der Waals surface area contributed by atoms with Gasteiger partial charge in [0.2, 0.25) is 0 Å². The number of fused-ring (bicyclic) bond motifs is 8. The van der Waals surface area contributed by atoms with E-state index in [0.29, 0.717) is 18.8 Å². The van der Waals surface area contributed by atoms with Crippen molar-refractivity contribution in [3.63, 3.8) is 0 Å². The molecule has 0 unspecified atom stereocenters. The lowest BCUT2D eigenvalue weighted by Gasteiger charge is -2.68. The molecule has 35 heavy (non-hydrogen) atoms. The van der Waals surface area contributed by atoms with Gasteiger partial charge in [-0.1, -0.05) is 52.3 Å². The minimum atomic E-state index is -0.755. The van der Waals surface area contributed by atoms with Crippen molar-refractivity contribution in [1.82, 2.24) is 5.16 Å². The van der Waals surface area contributed by atoms with Crippen molar-refractivity contribution in [2.45, 2.75) is 98.8 Å². The molecular weight excluding hydrogens is 438 g/mol. The number of aromatic nitrogens is 1. The molecule has 6 rings (SSSR count). The number of carboxylic acids is 1. The average Bonchev–Trinajstić information content (AvgIpc) is 3.23. The molecule has 0 spiro atoms. The molecule has 1 aromatic heterocycles. The summed E-state index contributed by atoms with van der Waals surface area (Å²) in [7, 11) is 0. The summed E-state index contributed by atoms with van der Waals surface area (Å²) in [6, 6.07) is 0. The molecule has 0 amide bonds. The summed E-state index contributed by atoms with van der Waals surface area (Å²) >= 11 is 0. The minimum absolute atomic E-state index is 0.0696. The van der Waals surface area contributed by atoms with Crippen molar-refractivity contribution in [2.24, 2.45) is 44.8 Å². The Kier molecular flexibility index (Phi) is 4.62. The van der Waals surface area contributed by atoms with Crippen LogP contribution in [0.1, 0.15) is 104 Å². The fraction of sp³-hybridized carbons (Fsp3) is 0.767. The normalized spacial score (nSPS) is 47.9. The second kappa shape index (κ2) is 6.89. The average molecular weight is 480 g/mol. The zero-order chi connectivity index (χ0) is 25.2. The van der Waals surface area contributed by atoms with E-state index in [2.05, 4.69) is 46.7 Å². The van der Waals surface area contributed by atoms with Crippen LogP contribution < -0.4 is 0 Å². The van der Waals surface area contributed by atoms with E-state index in [9.17, 15) is 14.7 Å². The maximum absolute atomic E-state index is 14.3. The Morgan fingerprint density at radius 1 is 1.06 bits per heavy atom.